The Kier molecular flexibility index (Phi) is 4.54. The van der Waals surface area contributed by atoms with Gasteiger partial charge in [0.05, 0.1) is 24.9 Å². The summed E-state index contributed by atoms with van der Waals surface area (Å²) >= 11 is 0. The molecule has 1 aromatic heterocycles. The predicted octanol–water partition coefficient (Wildman–Crippen LogP) is -0.508. The van der Waals surface area contributed by atoms with Gasteiger partial charge >= 0.3 is 0 Å². The first kappa shape index (κ1) is 15.2. The molecule has 1 aromatic rings. The quantitative estimate of drug-likeness (QED) is 0.814. The number of H-pyrrole nitrogens is 1. The zero-order valence-corrected chi connectivity index (χ0v) is 12.8. The summed E-state index contributed by atoms with van der Waals surface area (Å²) in [6.07, 6.45) is 0.951. The molecule has 0 radical (unpaired) electrons. The van der Waals surface area contributed by atoms with E-state index in [1.165, 1.54) is 6.07 Å². The lowest BCUT2D eigenvalue weighted by Gasteiger charge is -2.29. The van der Waals surface area contributed by atoms with Gasteiger partial charge in [-0.05, 0) is 13.1 Å². The van der Waals surface area contributed by atoms with E-state index in [0.717, 1.165) is 31.9 Å². The van der Waals surface area contributed by atoms with Crippen molar-refractivity contribution in [1.29, 1.82) is 0 Å². The molecule has 0 aliphatic carbocycles. The van der Waals surface area contributed by atoms with Gasteiger partial charge < -0.3 is 14.5 Å². The highest BCUT2D eigenvalue weighted by Crippen LogP contribution is 2.19. The molecule has 2 aliphatic rings. The summed E-state index contributed by atoms with van der Waals surface area (Å²) < 4.78 is 5.69. The van der Waals surface area contributed by atoms with Crippen molar-refractivity contribution in [2.24, 2.45) is 5.92 Å². The number of aromatic nitrogens is 2. The topological polar surface area (TPSA) is 78.5 Å². The monoisotopic (exact) mass is 306 g/mol. The molecule has 3 heterocycles. The van der Waals surface area contributed by atoms with Gasteiger partial charge in [-0.15, -0.1) is 0 Å². The number of rotatable bonds is 3. The first-order valence-corrected chi connectivity index (χ1v) is 7.72. The number of aromatic amines is 1. The molecule has 2 aliphatic heterocycles. The van der Waals surface area contributed by atoms with Crippen molar-refractivity contribution in [1.82, 2.24) is 20.0 Å². The highest BCUT2D eigenvalue weighted by molar-refractivity contribution is 5.77. The van der Waals surface area contributed by atoms with Crippen LogP contribution in [0, 0.1) is 5.92 Å². The summed E-state index contributed by atoms with van der Waals surface area (Å²) in [7, 11) is 2.10. The molecular formula is C15H22N4O3. The second kappa shape index (κ2) is 6.58. The second-order valence-electron chi connectivity index (χ2n) is 6.24. The van der Waals surface area contributed by atoms with Gasteiger partial charge in [0.15, 0.2) is 0 Å². The number of amides is 1. The Bertz CT molecular complexity index is 568. The summed E-state index contributed by atoms with van der Waals surface area (Å²) in [6, 6.07) is 3.24. The van der Waals surface area contributed by atoms with E-state index >= 15 is 0 Å². The van der Waals surface area contributed by atoms with Crippen molar-refractivity contribution in [3.8, 4) is 0 Å². The maximum atomic E-state index is 12.6. The molecule has 0 aromatic carbocycles. The zero-order chi connectivity index (χ0) is 15.5. The zero-order valence-electron chi connectivity index (χ0n) is 12.8. The molecule has 22 heavy (non-hydrogen) atoms. The standard InChI is InChI=1S/C15H22N4O3/c1-18-6-11-7-19(13(8-18)10-22-9-11)15(21)5-3-12-2-4-14(20)17-16-12/h2,4,11,13H,3,5-10H2,1H3,(H,17,20)/t11-,13-/m0/s1. The SMILES string of the molecule is CN1C[C@@H]2COC[C@H](C1)N(C(=O)CCc1ccc(=O)[nH]n1)C2. The maximum absolute atomic E-state index is 12.6. The van der Waals surface area contributed by atoms with Crippen LogP contribution in [0.2, 0.25) is 0 Å². The third-order valence-electron chi connectivity index (χ3n) is 4.30. The average Bonchev–Trinajstić information content (AvgIpc) is 2.76. The van der Waals surface area contributed by atoms with Gasteiger partial charge in [-0.3, -0.25) is 9.59 Å². The van der Waals surface area contributed by atoms with Gasteiger partial charge in [-0.2, -0.15) is 5.10 Å². The molecule has 2 saturated heterocycles. The van der Waals surface area contributed by atoms with Crippen molar-refractivity contribution >= 4 is 5.91 Å². The van der Waals surface area contributed by atoms with Crippen LogP contribution >= 0.6 is 0 Å². The van der Waals surface area contributed by atoms with Gasteiger partial charge in [-0.1, -0.05) is 0 Å². The number of hydrogen-bond acceptors (Lipinski definition) is 5. The van der Waals surface area contributed by atoms with Crippen LogP contribution in [0.5, 0.6) is 0 Å². The Morgan fingerprint density at radius 1 is 1.36 bits per heavy atom. The third-order valence-corrected chi connectivity index (χ3v) is 4.30. The van der Waals surface area contributed by atoms with Crippen LogP contribution in [0.3, 0.4) is 0 Å². The van der Waals surface area contributed by atoms with Crippen LogP contribution in [0.25, 0.3) is 0 Å². The van der Waals surface area contributed by atoms with Crippen LogP contribution in [0.4, 0.5) is 0 Å². The minimum atomic E-state index is -0.225. The van der Waals surface area contributed by atoms with Crippen LogP contribution < -0.4 is 5.56 Å². The molecule has 1 N–H and O–H groups in total. The number of carbonyl (C=O) groups is 1. The first-order valence-electron chi connectivity index (χ1n) is 7.72. The van der Waals surface area contributed by atoms with E-state index in [4.69, 9.17) is 4.74 Å². The molecule has 7 nitrogen and oxygen atoms in total. The minimum absolute atomic E-state index is 0.133. The maximum Gasteiger partial charge on any atom is 0.264 e. The molecule has 0 saturated carbocycles. The summed E-state index contributed by atoms with van der Waals surface area (Å²) in [5.74, 6) is 0.524. The largest absolute Gasteiger partial charge is 0.379 e. The van der Waals surface area contributed by atoms with Crippen molar-refractivity contribution in [3.05, 3.63) is 28.2 Å². The lowest BCUT2D eigenvalue weighted by Crippen LogP contribution is -2.46. The highest BCUT2D eigenvalue weighted by atomic mass is 16.5. The molecule has 120 valence electrons. The molecule has 1 amide bonds. The Hall–Kier alpha value is -1.73. The van der Waals surface area contributed by atoms with Gasteiger partial charge in [0.2, 0.25) is 5.91 Å². The molecule has 0 unspecified atom stereocenters. The number of ether oxygens (including phenoxy) is 1. The Balaban J connectivity index is 1.63. The van der Waals surface area contributed by atoms with Gasteiger partial charge in [0.1, 0.15) is 0 Å². The van der Waals surface area contributed by atoms with Crippen molar-refractivity contribution < 1.29 is 9.53 Å². The van der Waals surface area contributed by atoms with Crippen LogP contribution in [0.15, 0.2) is 16.9 Å². The molecule has 0 spiro atoms. The number of hydrogen-bond donors (Lipinski definition) is 1. The number of likely N-dealkylation sites (N-methyl/N-ethyl adjacent to an activating group) is 1. The number of aryl methyl sites for hydroxylation is 1. The third kappa shape index (κ3) is 3.53. The van der Waals surface area contributed by atoms with E-state index in [2.05, 4.69) is 22.1 Å². The fraction of sp³-hybridized carbons (Fsp3) is 0.667. The van der Waals surface area contributed by atoms with E-state index in [0.29, 0.717) is 25.4 Å². The number of nitrogens with zero attached hydrogens (tertiary/aromatic N) is 3. The second-order valence-corrected chi connectivity index (χ2v) is 6.24. The van der Waals surface area contributed by atoms with E-state index < -0.39 is 0 Å². The number of nitrogens with one attached hydrogen (secondary N) is 1. The van der Waals surface area contributed by atoms with E-state index in [1.807, 2.05) is 4.90 Å². The lowest BCUT2D eigenvalue weighted by atomic mass is 10.1. The van der Waals surface area contributed by atoms with Crippen molar-refractivity contribution in [2.75, 3.05) is 39.9 Å². The summed E-state index contributed by atoms with van der Waals surface area (Å²) in [5, 5.41) is 6.35. The lowest BCUT2D eigenvalue weighted by molar-refractivity contribution is -0.133. The Morgan fingerprint density at radius 2 is 2.23 bits per heavy atom. The fourth-order valence-corrected chi connectivity index (χ4v) is 3.27. The van der Waals surface area contributed by atoms with E-state index in [9.17, 15) is 9.59 Å². The molecule has 2 fully saturated rings. The predicted molar refractivity (Wildman–Crippen MR) is 80.5 cm³/mol. The molecule has 2 bridgehead atoms. The van der Waals surface area contributed by atoms with Gasteiger partial charge in [-0.25, -0.2) is 5.10 Å². The average molecular weight is 306 g/mol. The van der Waals surface area contributed by atoms with Crippen molar-refractivity contribution in [3.63, 3.8) is 0 Å². The van der Waals surface area contributed by atoms with Gasteiger partial charge in [0.25, 0.3) is 5.56 Å². The summed E-state index contributed by atoms with van der Waals surface area (Å²) in [5.41, 5.74) is 0.510. The van der Waals surface area contributed by atoms with E-state index in [-0.39, 0.29) is 17.5 Å². The fourth-order valence-electron chi connectivity index (χ4n) is 3.27. The Morgan fingerprint density at radius 3 is 3.00 bits per heavy atom. The van der Waals surface area contributed by atoms with Crippen molar-refractivity contribution in [2.45, 2.75) is 18.9 Å². The molecule has 2 atom stereocenters. The number of fused-ring (bicyclic) bond motifs is 3. The molecular weight excluding hydrogens is 284 g/mol. The first-order chi connectivity index (χ1) is 10.6. The number of carbonyl (C=O) groups excluding carboxylic acids is 1. The smallest absolute Gasteiger partial charge is 0.264 e. The van der Waals surface area contributed by atoms with Gasteiger partial charge in [0, 0.05) is 44.5 Å². The van der Waals surface area contributed by atoms with Crippen LogP contribution in [-0.4, -0.2) is 71.8 Å². The van der Waals surface area contributed by atoms with Crippen LogP contribution in [0.1, 0.15) is 12.1 Å². The summed E-state index contributed by atoms with van der Waals surface area (Å²) in [6.45, 7) is 3.95. The normalized spacial score (nSPS) is 25.8. The minimum Gasteiger partial charge on any atom is -0.379 e. The summed E-state index contributed by atoms with van der Waals surface area (Å²) in [4.78, 5) is 27.8. The highest BCUT2D eigenvalue weighted by Gasteiger charge is 2.34. The molecule has 3 rings (SSSR count). The van der Waals surface area contributed by atoms with Crippen LogP contribution in [-0.2, 0) is 16.0 Å². The molecule has 7 heteroatoms. The van der Waals surface area contributed by atoms with E-state index in [1.54, 1.807) is 6.07 Å². The Labute approximate surface area is 129 Å².